The highest BCUT2D eigenvalue weighted by Gasteiger charge is 2.07. The highest BCUT2D eigenvalue weighted by Crippen LogP contribution is 2.17. The lowest BCUT2D eigenvalue weighted by atomic mass is 9.97. The second-order valence-corrected chi connectivity index (χ2v) is 4.76. The van der Waals surface area contributed by atoms with Crippen LogP contribution in [0.1, 0.15) is 27.0 Å². The molecule has 0 radical (unpaired) electrons. The van der Waals surface area contributed by atoms with Crippen LogP contribution >= 0.6 is 11.6 Å². The maximum atomic E-state index is 13.2. The molecule has 0 aromatic heterocycles. The Morgan fingerprint density at radius 1 is 1.05 bits per heavy atom. The Kier molecular flexibility index (Phi) is 4.74. The van der Waals surface area contributed by atoms with Crippen LogP contribution in [0.5, 0.6) is 0 Å². The van der Waals surface area contributed by atoms with Crippen molar-refractivity contribution in [2.45, 2.75) is 18.7 Å². The lowest BCUT2D eigenvalue weighted by Crippen LogP contribution is -2.24. The summed E-state index contributed by atoms with van der Waals surface area (Å²) in [6.07, 6.45) is 1.03. The lowest BCUT2D eigenvalue weighted by Gasteiger charge is -2.12. The van der Waals surface area contributed by atoms with E-state index >= 15 is 0 Å². The summed E-state index contributed by atoms with van der Waals surface area (Å²) in [7, 11) is 0. The van der Waals surface area contributed by atoms with E-state index in [1.165, 1.54) is 12.1 Å². The number of carbonyl (C=O) groups is 1. The van der Waals surface area contributed by atoms with Crippen molar-refractivity contribution in [2.75, 3.05) is 0 Å². The quantitative estimate of drug-likeness (QED) is 0.795. The number of hydrogen-bond acceptors (Lipinski definition) is 2. The molecule has 0 aliphatic heterocycles. The van der Waals surface area contributed by atoms with Crippen molar-refractivity contribution in [2.24, 2.45) is 0 Å². The first kappa shape index (κ1) is 14.5. The molecule has 0 unspecified atom stereocenters. The molecule has 104 valence electrons. The number of rotatable bonds is 5. The summed E-state index contributed by atoms with van der Waals surface area (Å²) in [6.45, 7) is 0. The number of halogens is 2. The molecule has 0 saturated heterocycles. The monoisotopic (exact) mass is 291 g/mol. The minimum atomic E-state index is -1.29. The third-order valence-electron chi connectivity index (χ3n) is 3.21. The van der Waals surface area contributed by atoms with Gasteiger partial charge in [0.2, 0.25) is 0 Å². The van der Waals surface area contributed by atoms with Crippen LogP contribution in [-0.2, 0) is 18.7 Å². The normalized spacial score (nSPS) is 10.5. The Bertz CT molecular complexity index is 626. The average Bonchev–Trinajstić information content (AvgIpc) is 2.45. The van der Waals surface area contributed by atoms with Crippen LogP contribution in [0, 0.1) is 5.82 Å². The van der Waals surface area contributed by atoms with Crippen LogP contribution < -0.4 is 5.11 Å². The first-order valence-corrected chi connectivity index (χ1v) is 6.78. The summed E-state index contributed by atoms with van der Waals surface area (Å²) in [4.78, 5) is 11.0. The standard InChI is InChI=1S/C16H14ClFO2/c17-10-13-4-2-1-3-11(13)5-6-12-9-14(18)7-8-15(12)16(19)20/h1-4,7-9H,5-6,10H2,(H,19,20)/p-1. The second-order valence-electron chi connectivity index (χ2n) is 4.49. The van der Waals surface area contributed by atoms with Crippen LogP contribution in [0.3, 0.4) is 0 Å². The Hall–Kier alpha value is -1.87. The van der Waals surface area contributed by atoms with Crippen LogP contribution in [0.2, 0.25) is 0 Å². The van der Waals surface area contributed by atoms with Gasteiger partial charge < -0.3 is 9.90 Å². The first-order valence-electron chi connectivity index (χ1n) is 6.24. The van der Waals surface area contributed by atoms with Gasteiger partial charge in [-0.2, -0.15) is 0 Å². The minimum absolute atomic E-state index is 0.0368. The molecule has 2 nitrogen and oxygen atoms in total. The van der Waals surface area contributed by atoms with Crippen molar-refractivity contribution in [3.63, 3.8) is 0 Å². The Morgan fingerprint density at radius 2 is 1.70 bits per heavy atom. The Morgan fingerprint density at radius 3 is 2.35 bits per heavy atom. The van der Waals surface area contributed by atoms with Gasteiger partial charge in [-0.1, -0.05) is 24.3 Å². The van der Waals surface area contributed by atoms with Crippen molar-refractivity contribution in [3.05, 3.63) is 70.5 Å². The predicted molar refractivity (Wildman–Crippen MR) is 74.1 cm³/mol. The van der Waals surface area contributed by atoms with Crippen molar-refractivity contribution in [1.29, 1.82) is 0 Å². The van der Waals surface area contributed by atoms with Gasteiger partial charge in [-0.05, 0) is 47.7 Å². The summed E-state index contributed by atoms with van der Waals surface area (Å²) in [5.41, 5.74) is 2.51. The van der Waals surface area contributed by atoms with Gasteiger partial charge in [-0.15, -0.1) is 11.6 Å². The summed E-state index contributed by atoms with van der Waals surface area (Å²) in [6, 6.07) is 11.3. The Balaban J connectivity index is 2.22. The topological polar surface area (TPSA) is 40.1 Å². The zero-order chi connectivity index (χ0) is 14.5. The number of carbonyl (C=O) groups excluding carboxylic acids is 1. The predicted octanol–water partition coefficient (Wildman–Crippen LogP) is 2.71. The van der Waals surface area contributed by atoms with Gasteiger partial charge in [0.15, 0.2) is 0 Å². The number of aryl methyl sites for hydroxylation is 2. The van der Waals surface area contributed by atoms with E-state index in [2.05, 4.69) is 0 Å². The summed E-state index contributed by atoms with van der Waals surface area (Å²) in [5.74, 6) is -1.34. The molecular weight excluding hydrogens is 279 g/mol. The molecule has 0 heterocycles. The van der Waals surface area contributed by atoms with Crippen molar-refractivity contribution in [1.82, 2.24) is 0 Å². The lowest BCUT2D eigenvalue weighted by molar-refractivity contribution is -0.255. The molecule has 0 aliphatic carbocycles. The molecule has 0 spiro atoms. The smallest absolute Gasteiger partial charge is 0.123 e. The first-order chi connectivity index (χ1) is 9.61. The van der Waals surface area contributed by atoms with E-state index in [1.807, 2.05) is 24.3 Å². The maximum absolute atomic E-state index is 13.2. The van der Waals surface area contributed by atoms with Crippen LogP contribution in [0.15, 0.2) is 42.5 Å². The molecule has 0 N–H and O–H groups in total. The van der Waals surface area contributed by atoms with Crippen molar-refractivity contribution in [3.8, 4) is 0 Å². The molecule has 2 aromatic carbocycles. The van der Waals surface area contributed by atoms with Gasteiger partial charge in [-0.25, -0.2) is 4.39 Å². The fraction of sp³-hybridized carbons (Fsp3) is 0.188. The van der Waals surface area contributed by atoms with Crippen LogP contribution in [0.25, 0.3) is 0 Å². The zero-order valence-corrected chi connectivity index (χ0v) is 11.5. The Labute approximate surface area is 121 Å². The molecule has 20 heavy (non-hydrogen) atoms. The molecular formula is C16H13ClFO2-. The molecule has 0 atom stereocenters. The van der Waals surface area contributed by atoms with Gasteiger partial charge in [0, 0.05) is 11.4 Å². The fourth-order valence-corrected chi connectivity index (χ4v) is 2.43. The second kappa shape index (κ2) is 6.53. The van der Waals surface area contributed by atoms with Gasteiger partial charge in [0.1, 0.15) is 5.82 Å². The van der Waals surface area contributed by atoms with E-state index in [0.717, 1.165) is 17.2 Å². The summed E-state index contributed by atoms with van der Waals surface area (Å²) in [5, 5.41) is 11.0. The van der Waals surface area contributed by atoms with E-state index in [1.54, 1.807) is 0 Å². The molecule has 0 fully saturated rings. The van der Waals surface area contributed by atoms with Crippen molar-refractivity contribution >= 4 is 17.6 Å². The number of carboxylic acid groups (broad SMARTS) is 1. The van der Waals surface area contributed by atoms with E-state index in [-0.39, 0.29) is 5.56 Å². The van der Waals surface area contributed by atoms with Gasteiger partial charge >= 0.3 is 0 Å². The number of hydrogen-bond donors (Lipinski definition) is 0. The SMILES string of the molecule is O=C([O-])c1ccc(F)cc1CCc1ccccc1CCl. The van der Waals surface area contributed by atoms with Gasteiger partial charge in [0.25, 0.3) is 0 Å². The van der Waals surface area contributed by atoms with Crippen molar-refractivity contribution < 1.29 is 14.3 Å². The summed E-state index contributed by atoms with van der Waals surface area (Å²) >= 11 is 5.86. The number of aromatic carboxylic acids is 1. The largest absolute Gasteiger partial charge is 0.545 e. The summed E-state index contributed by atoms with van der Waals surface area (Å²) < 4.78 is 13.2. The molecule has 0 amide bonds. The van der Waals surface area contributed by atoms with Gasteiger partial charge in [0.05, 0.1) is 5.97 Å². The van der Waals surface area contributed by atoms with E-state index in [0.29, 0.717) is 24.3 Å². The number of alkyl halides is 1. The zero-order valence-electron chi connectivity index (χ0n) is 10.7. The molecule has 0 saturated carbocycles. The highest BCUT2D eigenvalue weighted by molar-refractivity contribution is 6.17. The van der Waals surface area contributed by atoms with Crippen LogP contribution in [-0.4, -0.2) is 5.97 Å². The molecule has 2 rings (SSSR count). The minimum Gasteiger partial charge on any atom is -0.545 e. The average molecular weight is 292 g/mol. The van der Waals surface area contributed by atoms with E-state index in [4.69, 9.17) is 11.6 Å². The van der Waals surface area contributed by atoms with Gasteiger partial charge in [-0.3, -0.25) is 0 Å². The third kappa shape index (κ3) is 3.36. The molecule has 0 aliphatic rings. The number of benzene rings is 2. The molecule has 2 aromatic rings. The van der Waals surface area contributed by atoms with Crippen LogP contribution in [0.4, 0.5) is 4.39 Å². The van der Waals surface area contributed by atoms with E-state index < -0.39 is 11.8 Å². The molecule has 4 heteroatoms. The number of carboxylic acids is 1. The fourth-order valence-electron chi connectivity index (χ4n) is 2.17. The third-order valence-corrected chi connectivity index (χ3v) is 3.50. The maximum Gasteiger partial charge on any atom is 0.123 e. The highest BCUT2D eigenvalue weighted by atomic mass is 35.5. The molecule has 0 bridgehead atoms. The van der Waals surface area contributed by atoms with E-state index in [9.17, 15) is 14.3 Å².